The average Bonchev–Trinajstić information content (AvgIpc) is 1.98. The van der Waals surface area contributed by atoms with Gasteiger partial charge in [0.05, 0.1) is 5.75 Å². The Morgan fingerprint density at radius 2 is 1.77 bits per heavy atom. The van der Waals surface area contributed by atoms with Crippen LogP contribution in [0.3, 0.4) is 0 Å². The van der Waals surface area contributed by atoms with Gasteiger partial charge in [-0.25, -0.2) is 8.42 Å². The van der Waals surface area contributed by atoms with Crippen molar-refractivity contribution in [3.8, 4) is 0 Å². The van der Waals surface area contributed by atoms with Crippen molar-refractivity contribution in [3.63, 3.8) is 0 Å². The van der Waals surface area contributed by atoms with Crippen LogP contribution in [0.1, 0.15) is 6.42 Å². The van der Waals surface area contributed by atoms with Gasteiger partial charge in [0.25, 0.3) is 0 Å². The van der Waals surface area contributed by atoms with Crippen molar-refractivity contribution in [2.24, 2.45) is 0 Å². The molecule has 0 radical (unpaired) electrons. The molecule has 0 aliphatic carbocycles. The summed E-state index contributed by atoms with van der Waals surface area (Å²) in [5, 5.41) is 14.5. The fraction of sp³-hybridized carbons (Fsp3) is 1.00. The maximum atomic E-state index is 12.1. The summed E-state index contributed by atoms with van der Waals surface area (Å²) in [6.07, 6.45) is -5.95. The Balaban J connectivity index is 3.17. The van der Waals surface area contributed by atoms with Crippen LogP contribution in [0.4, 0.5) is 13.2 Å². The lowest BCUT2D eigenvalue weighted by Crippen LogP contribution is -2.49. The summed E-state index contributed by atoms with van der Waals surface area (Å²) < 4.78 is 57.7. The highest BCUT2D eigenvalue weighted by Gasteiger charge is 2.63. The minimum atomic E-state index is -5.14. The number of rotatable bonds is 0. The Labute approximate surface area is 71.9 Å². The van der Waals surface area contributed by atoms with Crippen LogP contribution in [0.2, 0.25) is 0 Å². The molecule has 8 heteroatoms. The van der Waals surface area contributed by atoms with E-state index in [0.717, 1.165) is 0 Å². The Bertz CT molecular complexity index is 304. The number of hydrogen-bond donors (Lipinski definition) is 2. The first-order valence-electron chi connectivity index (χ1n) is 3.30. The number of hydrogen-bond acceptors (Lipinski definition) is 4. The van der Waals surface area contributed by atoms with Crippen LogP contribution >= 0.6 is 0 Å². The molecule has 1 aliphatic heterocycles. The van der Waals surface area contributed by atoms with E-state index in [0.29, 0.717) is 0 Å². The van der Waals surface area contributed by atoms with Gasteiger partial charge in [0.15, 0.2) is 15.6 Å². The van der Waals surface area contributed by atoms with Crippen LogP contribution in [-0.2, 0) is 9.84 Å². The van der Waals surface area contributed by atoms with Gasteiger partial charge in [0.1, 0.15) is 0 Å². The maximum Gasteiger partial charge on any atom is 0.410 e. The molecule has 1 rings (SSSR count). The average molecular weight is 220 g/mol. The lowest BCUT2D eigenvalue weighted by atomic mass is 10.1. The molecular weight excluding hydrogens is 213 g/mol. The van der Waals surface area contributed by atoms with Gasteiger partial charge < -0.3 is 10.2 Å². The highest BCUT2D eigenvalue weighted by Crippen LogP contribution is 2.39. The molecule has 0 bridgehead atoms. The first-order valence-corrected chi connectivity index (χ1v) is 5.02. The second-order valence-corrected chi connectivity index (χ2v) is 5.12. The smallest absolute Gasteiger partial charge is 0.364 e. The molecule has 4 nitrogen and oxygen atoms in total. The molecular formula is C5H7F3O4S. The molecule has 78 valence electrons. The van der Waals surface area contributed by atoms with Crippen LogP contribution in [0, 0.1) is 0 Å². The second-order valence-electron chi connectivity index (χ2n) is 2.92. The predicted molar refractivity (Wildman–Crippen MR) is 35.4 cm³/mol. The zero-order valence-corrected chi connectivity index (χ0v) is 7.06. The fourth-order valence-electron chi connectivity index (χ4n) is 1.29. The highest BCUT2D eigenvalue weighted by atomic mass is 32.2. The molecule has 0 spiro atoms. The summed E-state index contributed by atoms with van der Waals surface area (Å²) in [5.41, 5.74) is 0. The summed E-state index contributed by atoms with van der Waals surface area (Å²) >= 11 is 0. The molecule has 0 aromatic carbocycles. The van der Waals surface area contributed by atoms with Crippen LogP contribution in [0.25, 0.3) is 0 Å². The quantitative estimate of drug-likeness (QED) is 0.535. The fourth-order valence-corrected chi connectivity index (χ4v) is 3.22. The van der Waals surface area contributed by atoms with Crippen LogP contribution in [0.15, 0.2) is 0 Å². The predicted octanol–water partition coefficient (Wildman–Crippen LogP) is -0.583. The molecule has 1 unspecified atom stereocenters. The lowest BCUT2D eigenvalue weighted by molar-refractivity contribution is -0.233. The second kappa shape index (κ2) is 2.58. The molecule has 1 fully saturated rings. The van der Waals surface area contributed by atoms with Gasteiger partial charge in [-0.1, -0.05) is 0 Å². The van der Waals surface area contributed by atoms with Crippen molar-refractivity contribution in [1.82, 2.24) is 0 Å². The molecule has 0 amide bonds. The highest BCUT2D eigenvalue weighted by molar-refractivity contribution is 7.92. The van der Waals surface area contributed by atoms with E-state index < -0.39 is 39.2 Å². The first kappa shape index (κ1) is 10.7. The molecule has 0 saturated carbocycles. The summed E-state index contributed by atoms with van der Waals surface area (Å²) in [4.78, 5) is 0. The van der Waals surface area contributed by atoms with E-state index in [-0.39, 0.29) is 0 Å². The van der Waals surface area contributed by atoms with Gasteiger partial charge in [0, 0.05) is 6.42 Å². The summed E-state index contributed by atoms with van der Waals surface area (Å²) in [5.74, 6) is -4.04. The van der Waals surface area contributed by atoms with Crippen molar-refractivity contribution in [2.45, 2.75) is 23.6 Å². The van der Waals surface area contributed by atoms with Crippen LogP contribution < -0.4 is 0 Å². The zero-order chi connectivity index (χ0) is 10.5. The number of sulfone groups is 1. The molecule has 0 aromatic heterocycles. The van der Waals surface area contributed by atoms with Gasteiger partial charge >= 0.3 is 6.18 Å². The Morgan fingerprint density at radius 3 is 1.92 bits per heavy atom. The minimum absolute atomic E-state index is 0.806. The number of halogens is 3. The Kier molecular flexibility index (Phi) is 2.13. The first-order chi connectivity index (χ1) is 5.57. The lowest BCUT2D eigenvalue weighted by Gasteiger charge is -2.24. The molecule has 1 saturated heterocycles. The van der Waals surface area contributed by atoms with E-state index in [1.54, 1.807) is 0 Å². The zero-order valence-electron chi connectivity index (χ0n) is 6.24. The van der Waals surface area contributed by atoms with Crippen molar-refractivity contribution >= 4 is 9.84 Å². The standard InChI is InChI=1S/C5H7F3O4S/c6-5(7,8)3-4(9,10)1-2-13(3,11)12/h3,9-10H,1-2H2. The number of alkyl halides is 3. The summed E-state index contributed by atoms with van der Waals surface area (Å²) in [6.45, 7) is 0. The molecule has 2 N–H and O–H groups in total. The monoisotopic (exact) mass is 220 g/mol. The van der Waals surface area contributed by atoms with Gasteiger partial charge in [-0.2, -0.15) is 13.2 Å². The topological polar surface area (TPSA) is 74.6 Å². The molecule has 0 aromatic rings. The van der Waals surface area contributed by atoms with Gasteiger partial charge in [0.2, 0.25) is 5.25 Å². The van der Waals surface area contributed by atoms with Crippen LogP contribution in [-0.4, -0.2) is 41.6 Å². The van der Waals surface area contributed by atoms with Crippen molar-refractivity contribution in [2.75, 3.05) is 5.75 Å². The van der Waals surface area contributed by atoms with Crippen molar-refractivity contribution < 1.29 is 31.8 Å². The third-order valence-corrected chi connectivity index (χ3v) is 3.97. The van der Waals surface area contributed by atoms with Gasteiger partial charge in [-0.05, 0) is 0 Å². The molecule has 1 heterocycles. The summed E-state index contributed by atoms with van der Waals surface area (Å²) in [7, 11) is -4.48. The van der Waals surface area contributed by atoms with Gasteiger partial charge in [-0.15, -0.1) is 0 Å². The maximum absolute atomic E-state index is 12.1. The third-order valence-electron chi connectivity index (χ3n) is 1.83. The van der Waals surface area contributed by atoms with E-state index >= 15 is 0 Å². The van der Waals surface area contributed by atoms with E-state index in [1.807, 2.05) is 0 Å². The van der Waals surface area contributed by atoms with Crippen molar-refractivity contribution in [3.05, 3.63) is 0 Å². The van der Waals surface area contributed by atoms with E-state index in [2.05, 4.69) is 0 Å². The molecule has 13 heavy (non-hydrogen) atoms. The van der Waals surface area contributed by atoms with E-state index in [9.17, 15) is 21.6 Å². The normalized spacial score (nSPS) is 31.9. The SMILES string of the molecule is O=S1(=O)CCC(O)(O)C1C(F)(F)F. The molecule has 1 atom stereocenters. The third kappa shape index (κ3) is 1.79. The van der Waals surface area contributed by atoms with Gasteiger partial charge in [-0.3, -0.25) is 0 Å². The van der Waals surface area contributed by atoms with Crippen LogP contribution in [0.5, 0.6) is 0 Å². The van der Waals surface area contributed by atoms with E-state index in [1.165, 1.54) is 0 Å². The Morgan fingerprint density at radius 1 is 1.31 bits per heavy atom. The minimum Gasteiger partial charge on any atom is -0.364 e. The van der Waals surface area contributed by atoms with E-state index in [4.69, 9.17) is 10.2 Å². The van der Waals surface area contributed by atoms with Crippen molar-refractivity contribution in [1.29, 1.82) is 0 Å². The largest absolute Gasteiger partial charge is 0.410 e. The Hall–Kier alpha value is -0.340. The number of aliphatic hydroxyl groups is 2. The molecule has 1 aliphatic rings. The summed E-state index contributed by atoms with van der Waals surface area (Å²) in [6, 6.07) is 0.